The van der Waals surface area contributed by atoms with Crippen molar-refractivity contribution in [3.63, 3.8) is 0 Å². The average Bonchev–Trinajstić information content (AvgIpc) is 2.45. The van der Waals surface area contributed by atoms with Crippen LogP contribution in [0.3, 0.4) is 0 Å². The Balaban J connectivity index is 2.43. The molecule has 0 aromatic heterocycles. The molecule has 0 bridgehead atoms. The minimum absolute atomic E-state index is 0.0434. The van der Waals surface area contributed by atoms with Gasteiger partial charge in [0.15, 0.2) is 0 Å². The van der Waals surface area contributed by atoms with E-state index >= 15 is 0 Å². The molecule has 116 valence electrons. The standard InChI is InChI=1S/C17H26NO2P/c1-5-9-17(16-10-7-6-8-11-16)21(19)18(14(2)3)13-12-15(4)20-21/h5-8,10-11,14-15,17H,1,9,12-13H2,2-4H3/t15-,17+,21+/m0/s1. The van der Waals surface area contributed by atoms with Crippen molar-refractivity contribution in [1.29, 1.82) is 0 Å². The Morgan fingerprint density at radius 1 is 1.43 bits per heavy atom. The van der Waals surface area contributed by atoms with Crippen LogP contribution in [-0.2, 0) is 9.09 Å². The van der Waals surface area contributed by atoms with Gasteiger partial charge in [-0.2, -0.15) is 0 Å². The summed E-state index contributed by atoms with van der Waals surface area (Å²) in [6, 6.07) is 10.2. The van der Waals surface area contributed by atoms with E-state index in [0.717, 1.165) is 18.5 Å². The molecule has 0 amide bonds. The second-order valence-corrected chi connectivity index (χ2v) is 8.45. The number of benzene rings is 1. The van der Waals surface area contributed by atoms with Crippen LogP contribution in [0, 0.1) is 0 Å². The van der Waals surface area contributed by atoms with Crippen LogP contribution in [-0.4, -0.2) is 23.4 Å². The number of allylic oxidation sites excluding steroid dienone is 1. The molecule has 1 aliphatic rings. The summed E-state index contributed by atoms with van der Waals surface area (Å²) in [5.41, 5.74) is 0.932. The normalized spacial score (nSPS) is 28.5. The summed E-state index contributed by atoms with van der Waals surface area (Å²) in [4.78, 5) is 0. The van der Waals surface area contributed by atoms with Crippen LogP contribution in [0.15, 0.2) is 43.0 Å². The highest BCUT2D eigenvalue weighted by Gasteiger charge is 2.45. The van der Waals surface area contributed by atoms with Gasteiger partial charge in [-0.1, -0.05) is 36.4 Å². The van der Waals surface area contributed by atoms with E-state index < -0.39 is 7.52 Å². The van der Waals surface area contributed by atoms with Gasteiger partial charge in [-0.3, -0.25) is 4.57 Å². The lowest BCUT2D eigenvalue weighted by Gasteiger charge is -2.43. The molecule has 3 atom stereocenters. The van der Waals surface area contributed by atoms with Crippen LogP contribution >= 0.6 is 7.52 Å². The van der Waals surface area contributed by atoms with Crippen molar-refractivity contribution in [3.05, 3.63) is 48.6 Å². The molecular weight excluding hydrogens is 281 g/mol. The van der Waals surface area contributed by atoms with Gasteiger partial charge >= 0.3 is 0 Å². The molecule has 0 spiro atoms. The second-order valence-electron chi connectivity index (χ2n) is 5.98. The van der Waals surface area contributed by atoms with E-state index in [2.05, 4.69) is 25.1 Å². The molecule has 1 aromatic rings. The lowest BCUT2D eigenvalue weighted by atomic mass is 10.1. The molecule has 0 radical (unpaired) electrons. The van der Waals surface area contributed by atoms with Gasteiger partial charge < -0.3 is 4.52 Å². The molecule has 1 saturated heterocycles. The van der Waals surface area contributed by atoms with Gasteiger partial charge in [0.05, 0.1) is 11.8 Å². The first-order chi connectivity index (χ1) is 9.99. The summed E-state index contributed by atoms with van der Waals surface area (Å²) in [5, 5.41) is 0. The van der Waals surface area contributed by atoms with Gasteiger partial charge in [0.2, 0.25) is 0 Å². The van der Waals surface area contributed by atoms with Crippen molar-refractivity contribution in [2.45, 2.75) is 51.4 Å². The van der Waals surface area contributed by atoms with Gasteiger partial charge in [0.1, 0.15) is 0 Å². The fraction of sp³-hybridized carbons (Fsp3) is 0.529. The third kappa shape index (κ3) is 3.48. The molecule has 0 unspecified atom stereocenters. The summed E-state index contributed by atoms with van der Waals surface area (Å²) in [6.45, 7) is 10.9. The van der Waals surface area contributed by atoms with Gasteiger partial charge in [0.25, 0.3) is 7.52 Å². The van der Waals surface area contributed by atoms with Crippen LogP contribution in [0.25, 0.3) is 0 Å². The Labute approximate surface area is 128 Å². The molecular formula is C17H26NO2P. The largest absolute Gasteiger partial charge is 0.314 e. The van der Waals surface area contributed by atoms with E-state index in [4.69, 9.17) is 4.52 Å². The van der Waals surface area contributed by atoms with E-state index in [0.29, 0.717) is 6.42 Å². The summed E-state index contributed by atoms with van der Waals surface area (Å²) < 4.78 is 21.9. The monoisotopic (exact) mass is 307 g/mol. The summed E-state index contributed by atoms with van der Waals surface area (Å²) >= 11 is 0. The van der Waals surface area contributed by atoms with Crippen molar-refractivity contribution in [3.8, 4) is 0 Å². The highest BCUT2D eigenvalue weighted by molar-refractivity contribution is 7.57. The van der Waals surface area contributed by atoms with Crippen molar-refractivity contribution in [1.82, 2.24) is 4.67 Å². The molecule has 1 aliphatic heterocycles. The maximum Gasteiger partial charge on any atom is 0.280 e. The fourth-order valence-corrected chi connectivity index (χ4v) is 6.20. The predicted octanol–water partition coefficient (Wildman–Crippen LogP) is 5.02. The third-order valence-electron chi connectivity index (χ3n) is 4.02. The topological polar surface area (TPSA) is 29.5 Å². The smallest absolute Gasteiger partial charge is 0.280 e. The third-order valence-corrected chi connectivity index (χ3v) is 7.35. The quantitative estimate of drug-likeness (QED) is 0.565. The number of rotatable bonds is 5. The lowest BCUT2D eigenvalue weighted by Crippen LogP contribution is -2.38. The SMILES string of the molecule is C=CC[C@H](c1ccccc1)[P@@]1(=O)O[C@@H](C)CCN1C(C)C. The van der Waals surface area contributed by atoms with Crippen molar-refractivity contribution in [2.75, 3.05) is 6.54 Å². The van der Waals surface area contributed by atoms with E-state index in [-0.39, 0.29) is 17.8 Å². The van der Waals surface area contributed by atoms with E-state index in [1.54, 1.807) is 0 Å². The Kier molecular flexibility index (Phi) is 5.43. The molecule has 4 heteroatoms. The summed E-state index contributed by atoms with van der Waals surface area (Å²) in [7, 11) is -2.92. The van der Waals surface area contributed by atoms with Crippen molar-refractivity contribution >= 4 is 7.52 Å². The molecule has 1 aromatic carbocycles. The Morgan fingerprint density at radius 3 is 2.67 bits per heavy atom. The number of hydrogen-bond acceptors (Lipinski definition) is 2. The van der Waals surface area contributed by atoms with Crippen LogP contribution < -0.4 is 0 Å². The molecule has 1 fully saturated rings. The van der Waals surface area contributed by atoms with Crippen LogP contribution in [0.2, 0.25) is 0 Å². The predicted molar refractivity (Wildman–Crippen MR) is 88.6 cm³/mol. The maximum atomic E-state index is 13.8. The molecule has 3 nitrogen and oxygen atoms in total. The van der Waals surface area contributed by atoms with E-state index in [1.165, 1.54) is 0 Å². The zero-order valence-corrected chi connectivity index (χ0v) is 14.1. The molecule has 0 saturated carbocycles. The van der Waals surface area contributed by atoms with E-state index in [1.807, 2.05) is 43.3 Å². The highest BCUT2D eigenvalue weighted by atomic mass is 31.2. The summed E-state index contributed by atoms with van der Waals surface area (Å²) in [6.07, 6.45) is 3.48. The van der Waals surface area contributed by atoms with Crippen LogP contribution in [0.5, 0.6) is 0 Å². The fourth-order valence-electron chi connectivity index (χ4n) is 2.95. The zero-order chi connectivity index (χ0) is 15.5. The van der Waals surface area contributed by atoms with Gasteiger partial charge in [-0.25, -0.2) is 4.67 Å². The molecule has 0 aliphatic carbocycles. The maximum absolute atomic E-state index is 13.8. The first-order valence-electron chi connectivity index (χ1n) is 7.70. The molecule has 1 heterocycles. The van der Waals surface area contributed by atoms with Crippen LogP contribution in [0.4, 0.5) is 0 Å². The van der Waals surface area contributed by atoms with Gasteiger partial charge in [0, 0.05) is 12.6 Å². The number of hydrogen-bond donors (Lipinski definition) is 0. The Morgan fingerprint density at radius 2 is 2.10 bits per heavy atom. The van der Waals surface area contributed by atoms with Crippen molar-refractivity contribution in [2.24, 2.45) is 0 Å². The van der Waals surface area contributed by atoms with Gasteiger partial charge in [-0.05, 0) is 39.2 Å². The molecule has 2 rings (SSSR count). The number of nitrogens with zero attached hydrogens (tertiary/aromatic N) is 1. The molecule has 0 N–H and O–H groups in total. The first-order valence-corrected chi connectivity index (χ1v) is 9.34. The average molecular weight is 307 g/mol. The Bertz CT molecular complexity index is 515. The highest BCUT2D eigenvalue weighted by Crippen LogP contribution is 2.67. The minimum atomic E-state index is -2.92. The second kappa shape index (κ2) is 6.91. The van der Waals surface area contributed by atoms with E-state index in [9.17, 15) is 4.57 Å². The van der Waals surface area contributed by atoms with Gasteiger partial charge in [-0.15, -0.1) is 6.58 Å². The van der Waals surface area contributed by atoms with Crippen molar-refractivity contribution < 1.29 is 9.09 Å². The van der Waals surface area contributed by atoms with Crippen LogP contribution in [0.1, 0.15) is 44.8 Å². The first kappa shape index (κ1) is 16.5. The Hall–Kier alpha value is -0.890. The lowest BCUT2D eigenvalue weighted by molar-refractivity contribution is 0.123. The minimum Gasteiger partial charge on any atom is -0.314 e. The summed E-state index contributed by atoms with van der Waals surface area (Å²) in [5.74, 6) is 0. The molecule has 21 heavy (non-hydrogen) atoms. The zero-order valence-electron chi connectivity index (χ0n) is 13.2.